The zero-order chi connectivity index (χ0) is 23.5. The molecule has 1 atom stereocenters. The van der Waals surface area contributed by atoms with E-state index in [4.69, 9.17) is 4.74 Å². The largest absolute Gasteiger partial charge is 0.381 e. The van der Waals surface area contributed by atoms with E-state index >= 15 is 0 Å². The Morgan fingerprint density at radius 2 is 2.15 bits per heavy atom. The second kappa shape index (κ2) is 9.74. The molecule has 2 saturated heterocycles. The standard InChI is InChI=1S/C23H26FN7O3/c24-17-3-1-2-14(10-17)4-7-25-23-30-22(27-18-5-8-34-9-6-18)29-20-16(13-26-31(20)23)11-15-12-19(32)28-21(15)33/h1-3,10-11,13,18-19,32H,4-9,12H2,(H,28,33)(H2,25,27,29,30)/b15-11+. The molecular formula is C23H26FN7O3. The van der Waals surface area contributed by atoms with Gasteiger partial charge >= 0.3 is 0 Å². The van der Waals surface area contributed by atoms with E-state index in [-0.39, 0.29) is 24.2 Å². The number of ether oxygens (including phenoxy) is 1. The van der Waals surface area contributed by atoms with Crippen LogP contribution < -0.4 is 16.0 Å². The highest BCUT2D eigenvalue weighted by Gasteiger charge is 2.25. The molecule has 4 heterocycles. The monoisotopic (exact) mass is 467 g/mol. The molecule has 34 heavy (non-hydrogen) atoms. The average Bonchev–Trinajstić information content (AvgIpc) is 3.36. The van der Waals surface area contributed by atoms with Crippen molar-refractivity contribution in [1.29, 1.82) is 0 Å². The minimum atomic E-state index is -0.888. The maximum absolute atomic E-state index is 13.5. The molecule has 0 saturated carbocycles. The highest BCUT2D eigenvalue weighted by atomic mass is 19.1. The van der Waals surface area contributed by atoms with Gasteiger partial charge in [0.25, 0.3) is 0 Å². The number of carbonyl (C=O) groups is 1. The molecule has 0 radical (unpaired) electrons. The number of amides is 1. The van der Waals surface area contributed by atoms with Crippen LogP contribution in [0.15, 0.2) is 36.0 Å². The maximum Gasteiger partial charge on any atom is 0.249 e. The first-order chi connectivity index (χ1) is 16.5. The molecule has 3 aromatic rings. The molecule has 2 aliphatic rings. The number of hydrogen-bond donors (Lipinski definition) is 4. The number of halogens is 1. The van der Waals surface area contributed by atoms with E-state index < -0.39 is 6.23 Å². The predicted molar refractivity (Wildman–Crippen MR) is 124 cm³/mol. The molecule has 10 nitrogen and oxygen atoms in total. The van der Waals surface area contributed by atoms with Crippen LogP contribution in [0, 0.1) is 5.82 Å². The molecular weight excluding hydrogens is 441 g/mol. The van der Waals surface area contributed by atoms with Crippen LogP contribution in [0.4, 0.5) is 16.3 Å². The van der Waals surface area contributed by atoms with E-state index in [1.807, 2.05) is 6.07 Å². The Hall–Kier alpha value is -3.57. The van der Waals surface area contributed by atoms with Gasteiger partial charge in [-0.1, -0.05) is 12.1 Å². The van der Waals surface area contributed by atoms with Crippen molar-refractivity contribution in [3.8, 4) is 0 Å². The molecule has 4 N–H and O–H groups in total. The summed E-state index contributed by atoms with van der Waals surface area (Å²) >= 11 is 0. The van der Waals surface area contributed by atoms with Crippen molar-refractivity contribution in [2.45, 2.75) is 38.0 Å². The normalized spacial score (nSPS) is 20.1. The number of aliphatic hydroxyl groups excluding tert-OH is 1. The molecule has 0 aliphatic carbocycles. The van der Waals surface area contributed by atoms with Gasteiger partial charge in [-0.3, -0.25) is 4.79 Å². The topological polar surface area (TPSA) is 126 Å². The summed E-state index contributed by atoms with van der Waals surface area (Å²) in [5.74, 6) is 0.353. The lowest BCUT2D eigenvalue weighted by molar-refractivity contribution is -0.117. The molecule has 2 fully saturated rings. The number of carbonyl (C=O) groups excluding carboxylic acids is 1. The number of anilines is 2. The van der Waals surface area contributed by atoms with Crippen LogP contribution in [0.2, 0.25) is 0 Å². The minimum absolute atomic E-state index is 0.192. The lowest BCUT2D eigenvalue weighted by Gasteiger charge is -2.23. The fourth-order valence-electron chi connectivity index (χ4n) is 4.12. The summed E-state index contributed by atoms with van der Waals surface area (Å²) in [6.45, 7) is 1.87. The number of fused-ring (bicyclic) bond motifs is 1. The average molecular weight is 468 g/mol. The van der Waals surface area contributed by atoms with Gasteiger partial charge in [-0.2, -0.15) is 19.6 Å². The molecule has 11 heteroatoms. The number of nitrogens with zero attached hydrogens (tertiary/aromatic N) is 4. The Labute approximate surface area is 195 Å². The molecule has 2 aliphatic heterocycles. The highest BCUT2D eigenvalue weighted by molar-refractivity contribution is 6.00. The molecule has 1 amide bonds. The Bertz CT molecular complexity index is 1220. The van der Waals surface area contributed by atoms with E-state index in [2.05, 4.69) is 31.0 Å². The third kappa shape index (κ3) is 5.00. The number of aromatic nitrogens is 4. The number of hydrogen-bond acceptors (Lipinski definition) is 8. The van der Waals surface area contributed by atoms with Crippen molar-refractivity contribution >= 4 is 29.5 Å². The van der Waals surface area contributed by atoms with Gasteiger partial charge in [-0.15, -0.1) is 0 Å². The summed E-state index contributed by atoms with van der Waals surface area (Å²) < 4.78 is 20.5. The van der Waals surface area contributed by atoms with Crippen molar-refractivity contribution in [1.82, 2.24) is 24.9 Å². The fraction of sp³-hybridized carbons (Fsp3) is 0.391. The van der Waals surface area contributed by atoms with Crippen molar-refractivity contribution in [3.63, 3.8) is 0 Å². The van der Waals surface area contributed by atoms with E-state index in [9.17, 15) is 14.3 Å². The van der Waals surface area contributed by atoms with E-state index in [0.29, 0.717) is 54.9 Å². The molecule has 0 bridgehead atoms. The van der Waals surface area contributed by atoms with Gasteiger partial charge in [0.15, 0.2) is 5.65 Å². The van der Waals surface area contributed by atoms with Gasteiger partial charge in [0.05, 0.1) is 6.20 Å². The van der Waals surface area contributed by atoms with E-state index in [0.717, 1.165) is 18.4 Å². The zero-order valence-corrected chi connectivity index (χ0v) is 18.5. The summed E-state index contributed by atoms with van der Waals surface area (Å²) in [6, 6.07) is 6.68. The molecule has 5 rings (SSSR count). The first-order valence-electron chi connectivity index (χ1n) is 11.3. The van der Waals surface area contributed by atoms with Gasteiger partial charge in [0.1, 0.15) is 12.0 Å². The number of benzene rings is 1. The summed E-state index contributed by atoms with van der Waals surface area (Å²) in [7, 11) is 0. The molecule has 1 unspecified atom stereocenters. The highest BCUT2D eigenvalue weighted by Crippen LogP contribution is 2.22. The number of nitrogens with one attached hydrogen (secondary N) is 3. The third-order valence-electron chi connectivity index (χ3n) is 5.87. The Kier molecular flexibility index (Phi) is 6.37. The summed E-state index contributed by atoms with van der Waals surface area (Å²) in [4.78, 5) is 21.4. The zero-order valence-electron chi connectivity index (χ0n) is 18.5. The lowest BCUT2D eigenvalue weighted by atomic mass is 10.1. The Morgan fingerprint density at radius 1 is 1.29 bits per heavy atom. The van der Waals surface area contributed by atoms with Gasteiger partial charge in [0, 0.05) is 43.4 Å². The van der Waals surface area contributed by atoms with Gasteiger partial charge in [-0.05, 0) is 43.0 Å². The van der Waals surface area contributed by atoms with Crippen LogP contribution >= 0.6 is 0 Å². The Balaban J connectivity index is 1.43. The first kappa shape index (κ1) is 22.2. The van der Waals surface area contributed by atoms with E-state index in [1.54, 1.807) is 22.9 Å². The second-order valence-electron chi connectivity index (χ2n) is 8.41. The maximum atomic E-state index is 13.5. The lowest BCUT2D eigenvalue weighted by Crippen LogP contribution is -2.29. The van der Waals surface area contributed by atoms with Crippen LogP contribution in [0.25, 0.3) is 11.7 Å². The predicted octanol–water partition coefficient (Wildman–Crippen LogP) is 1.73. The van der Waals surface area contributed by atoms with Gasteiger partial charge in [-0.25, -0.2) is 4.39 Å². The first-order valence-corrected chi connectivity index (χ1v) is 11.3. The van der Waals surface area contributed by atoms with Gasteiger partial charge < -0.3 is 25.8 Å². The molecule has 1 aromatic carbocycles. The van der Waals surface area contributed by atoms with Crippen LogP contribution in [0.3, 0.4) is 0 Å². The van der Waals surface area contributed by atoms with Crippen LogP contribution in [0.1, 0.15) is 30.4 Å². The molecule has 2 aromatic heterocycles. The van der Waals surface area contributed by atoms with Crippen LogP contribution in [-0.2, 0) is 16.0 Å². The second-order valence-corrected chi connectivity index (χ2v) is 8.41. The Morgan fingerprint density at radius 3 is 2.91 bits per heavy atom. The number of aliphatic hydroxyl groups is 1. The third-order valence-corrected chi connectivity index (χ3v) is 5.87. The summed E-state index contributed by atoms with van der Waals surface area (Å²) in [6.07, 6.45) is 4.94. The van der Waals surface area contributed by atoms with Crippen LogP contribution in [0.5, 0.6) is 0 Å². The summed E-state index contributed by atoms with van der Waals surface area (Å²) in [5.41, 5.74) is 2.50. The fourth-order valence-corrected chi connectivity index (χ4v) is 4.12. The smallest absolute Gasteiger partial charge is 0.249 e. The summed E-state index contributed by atoms with van der Waals surface area (Å²) in [5, 5.41) is 23.3. The van der Waals surface area contributed by atoms with E-state index in [1.165, 1.54) is 12.1 Å². The quantitative estimate of drug-likeness (QED) is 0.387. The van der Waals surface area contributed by atoms with Crippen LogP contribution in [-0.4, -0.2) is 62.6 Å². The van der Waals surface area contributed by atoms with Crippen molar-refractivity contribution in [2.75, 3.05) is 30.4 Å². The molecule has 178 valence electrons. The van der Waals surface area contributed by atoms with Crippen molar-refractivity contribution in [2.24, 2.45) is 0 Å². The van der Waals surface area contributed by atoms with Gasteiger partial charge in [0.2, 0.25) is 17.8 Å². The SMILES string of the molecule is O=C1NC(O)C/C1=C\c1cnn2c(NCCc3cccc(F)c3)nc(NC3CCOCC3)nc12. The minimum Gasteiger partial charge on any atom is -0.381 e. The number of rotatable bonds is 7. The van der Waals surface area contributed by atoms with Crippen molar-refractivity contribution < 1.29 is 19.0 Å². The van der Waals surface area contributed by atoms with Crippen molar-refractivity contribution in [3.05, 3.63) is 53.0 Å². The molecule has 0 spiro atoms.